The summed E-state index contributed by atoms with van der Waals surface area (Å²) in [6.07, 6.45) is -3.45. The standard InChI is InChI=1S/C24H17F5NO2/c1-13-10-16(26)6-9-21(13)32-22-12-18(14-2-3-14)20(24(27,28)29)11-19(22)23(31)30-17-7-4-15(25)5-8-17/h4,6-12,14H,2-3H2,1H3,(H,30,31). The smallest absolute Gasteiger partial charge is 0.416 e. The summed E-state index contributed by atoms with van der Waals surface area (Å²) in [5.74, 6) is -2.16. The molecule has 0 heterocycles. The third-order valence-corrected chi connectivity index (χ3v) is 5.11. The fraction of sp³-hybridized carbons (Fsp3) is 0.208. The minimum absolute atomic E-state index is 0.0546. The quantitative estimate of drug-likeness (QED) is 0.428. The zero-order valence-corrected chi connectivity index (χ0v) is 16.8. The van der Waals surface area contributed by atoms with E-state index in [1.165, 1.54) is 30.3 Å². The molecule has 1 saturated carbocycles. The van der Waals surface area contributed by atoms with E-state index in [1.807, 2.05) is 0 Å². The molecule has 4 rings (SSSR count). The van der Waals surface area contributed by atoms with Gasteiger partial charge >= 0.3 is 6.18 Å². The molecule has 0 spiro atoms. The maximum Gasteiger partial charge on any atom is 0.416 e. The Morgan fingerprint density at radius 1 is 1.06 bits per heavy atom. The third-order valence-electron chi connectivity index (χ3n) is 5.11. The number of ether oxygens (including phenoxy) is 1. The average molecular weight is 446 g/mol. The van der Waals surface area contributed by atoms with Crippen molar-refractivity contribution in [2.75, 3.05) is 5.32 Å². The molecule has 165 valence electrons. The predicted molar refractivity (Wildman–Crippen MR) is 108 cm³/mol. The van der Waals surface area contributed by atoms with E-state index in [-0.39, 0.29) is 34.2 Å². The number of amides is 1. The Hall–Kier alpha value is -3.42. The van der Waals surface area contributed by atoms with Crippen LogP contribution in [0.5, 0.6) is 11.5 Å². The third kappa shape index (κ3) is 4.74. The lowest BCUT2D eigenvalue weighted by Crippen LogP contribution is -2.17. The van der Waals surface area contributed by atoms with Gasteiger partial charge in [0.05, 0.1) is 11.1 Å². The highest BCUT2D eigenvalue weighted by Gasteiger charge is 2.40. The van der Waals surface area contributed by atoms with E-state index in [4.69, 9.17) is 4.74 Å². The number of hydrogen-bond donors (Lipinski definition) is 1. The van der Waals surface area contributed by atoms with Crippen LogP contribution in [0.4, 0.5) is 27.6 Å². The SMILES string of the molecule is Cc1cc(F)ccc1Oc1cc(C2CC2)c(C(F)(F)F)cc1C(=O)Nc1c[c]c(F)cc1. The fourth-order valence-electron chi connectivity index (χ4n) is 3.36. The molecule has 3 nitrogen and oxygen atoms in total. The lowest BCUT2D eigenvalue weighted by atomic mass is 9.98. The molecule has 0 unspecified atom stereocenters. The normalized spacial score (nSPS) is 13.7. The van der Waals surface area contributed by atoms with Crippen LogP contribution in [0.25, 0.3) is 0 Å². The minimum Gasteiger partial charge on any atom is -0.456 e. The number of benzene rings is 3. The molecular weight excluding hydrogens is 429 g/mol. The summed E-state index contributed by atoms with van der Waals surface area (Å²) in [6.45, 7) is 1.58. The first-order valence-electron chi connectivity index (χ1n) is 9.79. The topological polar surface area (TPSA) is 38.3 Å². The maximum atomic E-state index is 13.8. The van der Waals surface area contributed by atoms with Crippen LogP contribution < -0.4 is 10.1 Å². The van der Waals surface area contributed by atoms with Crippen LogP contribution in [-0.4, -0.2) is 5.91 Å². The number of carbonyl (C=O) groups excluding carboxylic acids is 1. The van der Waals surface area contributed by atoms with Crippen molar-refractivity contribution in [3.8, 4) is 11.5 Å². The van der Waals surface area contributed by atoms with Crippen molar-refractivity contribution in [1.82, 2.24) is 0 Å². The van der Waals surface area contributed by atoms with Crippen LogP contribution in [0.3, 0.4) is 0 Å². The summed E-state index contributed by atoms with van der Waals surface area (Å²) in [5, 5.41) is 2.43. The Kier molecular flexibility index (Phi) is 5.62. The van der Waals surface area contributed by atoms with Gasteiger partial charge in [0.2, 0.25) is 0 Å². The van der Waals surface area contributed by atoms with E-state index in [1.54, 1.807) is 6.92 Å². The zero-order valence-electron chi connectivity index (χ0n) is 16.8. The molecule has 0 aromatic heterocycles. The summed E-state index contributed by atoms with van der Waals surface area (Å²) in [4.78, 5) is 12.9. The zero-order chi connectivity index (χ0) is 23.0. The number of alkyl halides is 3. The first kappa shape index (κ1) is 21.8. The van der Waals surface area contributed by atoms with Crippen molar-refractivity contribution in [3.63, 3.8) is 0 Å². The molecule has 0 atom stereocenters. The van der Waals surface area contributed by atoms with Crippen molar-refractivity contribution in [2.45, 2.75) is 31.9 Å². The number of halogens is 5. The molecule has 1 N–H and O–H groups in total. The molecule has 8 heteroatoms. The second kappa shape index (κ2) is 8.26. The second-order valence-electron chi connectivity index (χ2n) is 7.60. The Bertz CT molecular complexity index is 1170. The minimum atomic E-state index is -4.67. The molecule has 1 amide bonds. The Morgan fingerprint density at radius 2 is 1.81 bits per heavy atom. The second-order valence-corrected chi connectivity index (χ2v) is 7.60. The van der Waals surface area contributed by atoms with E-state index in [9.17, 15) is 26.7 Å². The molecule has 1 aliphatic carbocycles. The lowest BCUT2D eigenvalue weighted by molar-refractivity contribution is -0.138. The number of hydrogen-bond acceptors (Lipinski definition) is 2. The molecule has 0 saturated heterocycles. The van der Waals surface area contributed by atoms with Crippen molar-refractivity contribution < 1.29 is 31.5 Å². The van der Waals surface area contributed by atoms with Gasteiger partial charge in [-0.1, -0.05) is 0 Å². The molecule has 0 bridgehead atoms. The van der Waals surface area contributed by atoms with Gasteiger partial charge in [0.1, 0.15) is 23.1 Å². The average Bonchev–Trinajstić information content (AvgIpc) is 3.56. The maximum absolute atomic E-state index is 13.8. The molecular formula is C24H17F5NO2. The fourth-order valence-corrected chi connectivity index (χ4v) is 3.36. The highest BCUT2D eigenvalue weighted by atomic mass is 19.4. The van der Waals surface area contributed by atoms with Crippen molar-refractivity contribution in [3.05, 3.63) is 88.5 Å². The van der Waals surface area contributed by atoms with Crippen molar-refractivity contribution in [1.29, 1.82) is 0 Å². The van der Waals surface area contributed by atoms with Gasteiger partial charge in [-0.2, -0.15) is 13.2 Å². The van der Waals surface area contributed by atoms with Crippen molar-refractivity contribution in [2.24, 2.45) is 0 Å². The van der Waals surface area contributed by atoms with Crippen LogP contribution in [0, 0.1) is 24.6 Å². The van der Waals surface area contributed by atoms with Gasteiger partial charge in [-0.25, -0.2) is 8.78 Å². The van der Waals surface area contributed by atoms with Crippen LogP contribution in [0.1, 0.15) is 45.8 Å². The Labute approximate surface area is 180 Å². The van der Waals surface area contributed by atoms with E-state index in [0.717, 1.165) is 18.2 Å². The lowest BCUT2D eigenvalue weighted by Gasteiger charge is -2.19. The number of carbonyl (C=O) groups is 1. The molecule has 3 aromatic carbocycles. The van der Waals surface area contributed by atoms with Gasteiger partial charge in [-0.05, 0) is 85.3 Å². The molecule has 0 aliphatic heterocycles. The summed E-state index contributed by atoms with van der Waals surface area (Å²) in [6, 6.07) is 11.5. The van der Waals surface area contributed by atoms with E-state index in [0.29, 0.717) is 18.4 Å². The largest absolute Gasteiger partial charge is 0.456 e. The van der Waals surface area contributed by atoms with E-state index in [2.05, 4.69) is 11.4 Å². The van der Waals surface area contributed by atoms with Crippen LogP contribution in [0.2, 0.25) is 0 Å². The van der Waals surface area contributed by atoms with Gasteiger partial charge in [-0.3, -0.25) is 4.79 Å². The summed E-state index contributed by atoms with van der Waals surface area (Å²) < 4.78 is 73.6. The van der Waals surface area contributed by atoms with Gasteiger partial charge in [0.15, 0.2) is 0 Å². The number of nitrogens with one attached hydrogen (secondary N) is 1. The molecule has 32 heavy (non-hydrogen) atoms. The van der Waals surface area contributed by atoms with Crippen LogP contribution >= 0.6 is 0 Å². The van der Waals surface area contributed by atoms with Crippen molar-refractivity contribution >= 4 is 11.6 Å². The molecule has 1 fully saturated rings. The Balaban J connectivity index is 1.79. The molecule has 1 aliphatic rings. The summed E-state index contributed by atoms with van der Waals surface area (Å²) in [5.41, 5.74) is -0.634. The van der Waals surface area contributed by atoms with Gasteiger partial charge in [0, 0.05) is 11.8 Å². The van der Waals surface area contributed by atoms with E-state index < -0.39 is 29.3 Å². The van der Waals surface area contributed by atoms with E-state index >= 15 is 0 Å². The monoisotopic (exact) mass is 446 g/mol. The van der Waals surface area contributed by atoms with Gasteiger partial charge in [0.25, 0.3) is 5.91 Å². The molecule has 3 aromatic rings. The van der Waals surface area contributed by atoms with Crippen LogP contribution in [-0.2, 0) is 6.18 Å². The molecule has 1 radical (unpaired) electrons. The summed E-state index contributed by atoms with van der Waals surface area (Å²) >= 11 is 0. The number of aryl methyl sites for hydroxylation is 1. The highest BCUT2D eigenvalue weighted by Crippen LogP contribution is 2.48. The number of anilines is 1. The first-order chi connectivity index (χ1) is 15.1. The van der Waals surface area contributed by atoms with Gasteiger partial charge in [-0.15, -0.1) is 0 Å². The number of rotatable bonds is 5. The first-order valence-corrected chi connectivity index (χ1v) is 9.79. The predicted octanol–water partition coefficient (Wildman–Crippen LogP) is 7.01. The van der Waals surface area contributed by atoms with Crippen LogP contribution in [0.15, 0.2) is 48.5 Å². The Morgan fingerprint density at radius 3 is 2.41 bits per heavy atom. The highest BCUT2D eigenvalue weighted by molar-refractivity contribution is 6.06. The summed E-state index contributed by atoms with van der Waals surface area (Å²) in [7, 11) is 0. The van der Waals surface area contributed by atoms with Gasteiger partial charge < -0.3 is 10.1 Å².